The lowest BCUT2D eigenvalue weighted by atomic mass is 9.97. The maximum absolute atomic E-state index is 12.3. The number of rotatable bonds is 5. The van der Waals surface area contributed by atoms with Crippen molar-refractivity contribution in [1.29, 1.82) is 0 Å². The smallest absolute Gasteiger partial charge is 0.306 e. The molecular weight excluding hydrogens is 308 g/mol. The summed E-state index contributed by atoms with van der Waals surface area (Å²) in [7, 11) is 1.63. The third kappa shape index (κ3) is 4.57. The van der Waals surface area contributed by atoms with Crippen molar-refractivity contribution in [3.63, 3.8) is 0 Å². The van der Waals surface area contributed by atoms with Crippen LogP contribution in [0.4, 0.5) is 0 Å². The SMILES string of the molecule is Cc1ccccc1CC(=O)N(C)CC(=O)N1CCC(C(=O)O)CC1. The Balaban J connectivity index is 1.84. The molecular formula is C18H24N2O4. The summed E-state index contributed by atoms with van der Waals surface area (Å²) in [6.45, 7) is 2.87. The van der Waals surface area contributed by atoms with Gasteiger partial charge in [-0.1, -0.05) is 24.3 Å². The standard InChI is InChI=1S/C18H24N2O4/c1-13-5-3-4-6-15(13)11-16(21)19(2)12-17(22)20-9-7-14(8-10-20)18(23)24/h3-6,14H,7-12H2,1-2H3,(H,23,24). The van der Waals surface area contributed by atoms with Gasteiger partial charge in [0, 0.05) is 20.1 Å². The largest absolute Gasteiger partial charge is 0.481 e. The number of nitrogens with zero attached hydrogens (tertiary/aromatic N) is 2. The molecule has 2 amide bonds. The number of aliphatic carboxylic acids is 1. The molecule has 1 aliphatic rings. The summed E-state index contributed by atoms with van der Waals surface area (Å²) in [5.74, 6) is -1.39. The van der Waals surface area contributed by atoms with E-state index in [1.807, 2.05) is 31.2 Å². The molecule has 1 heterocycles. The van der Waals surface area contributed by atoms with Gasteiger partial charge >= 0.3 is 5.97 Å². The Hall–Kier alpha value is -2.37. The van der Waals surface area contributed by atoms with Gasteiger partial charge in [0.05, 0.1) is 18.9 Å². The molecule has 0 aliphatic carbocycles. The number of hydrogen-bond donors (Lipinski definition) is 1. The number of piperidine rings is 1. The number of amides is 2. The summed E-state index contributed by atoms with van der Waals surface area (Å²) < 4.78 is 0. The number of carbonyl (C=O) groups excluding carboxylic acids is 2. The number of carboxylic acids is 1. The number of carboxylic acid groups (broad SMARTS) is 1. The molecule has 0 spiro atoms. The molecule has 0 aromatic heterocycles. The summed E-state index contributed by atoms with van der Waals surface area (Å²) in [5, 5.41) is 8.99. The van der Waals surface area contributed by atoms with E-state index < -0.39 is 5.97 Å². The fourth-order valence-electron chi connectivity index (χ4n) is 2.87. The van der Waals surface area contributed by atoms with Crippen LogP contribution in [0.5, 0.6) is 0 Å². The summed E-state index contributed by atoms with van der Waals surface area (Å²) in [6.07, 6.45) is 1.22. The minimum atomic E-state index is -0.798. The van der Waals surface area contributed by atoms with Crippen LogP contribution in [0.1, 0.15) is 24.0 Å². The van der Waals surface area contributed by atoms with Gasteiger partial charge in [-0.05, 0) is 30.9 Å². The van der Waals surface area contributed by atoms with Gasteiger partial charge in [-0.3, -0.25) is 14.4 Å². The second-order valence-electron chi connectivity index (χ2n) is 6.35. The zero-order valence-corrected chi connectivity index (χ0v) is 14.2. The van der Waals surface area contributed by atoms with Gasteiger partial charge in [0.15, 0.2) is 0 Å². The Kier molecular flexibility index (Phi) is 5.95. The molecule has 0 saturated carbocycles. The van der Waals surface area contributed by atoms with E-state index in [-0.39, 0.29) is 30.7 Å². The van der Waals surface area contributed by atoms with Crippen LogP contribution in [0.25, 0.3) is 0 Å². The third-order valence-corrected chi connectivity index (χ3v) is 4.60. The molecule has 0 bridgehead atoms. The second-order valence-corrected chi connectivity index (χ2v) is 6.35. The van der Waals surface area contributed by atoms with Gasteiger partial charge in [-0.25, -0.2) is 0 Å². The van der Waals surface area contributed by atoms with E-state index in [4.69, 9.17) is 5.11 Å². The second kappa shape index (κ2) is 7.95. The lowest BCUT2D eigenvalue weighted by Gasteiger charge is -2.31. The van der Waals surface area contributed by atoms with E-state index in [0.29, 0.717) is 25.9 Å². The molecule has 0 unspecified atom stereocenters. The van der Waals surface area contributed by atoms with Crippen LogP contribution in [0, 0.1) is 12.8 Å². The van der Waals surface area contributed by atoms with Crippen LogP contribution in [0.2, 0.25) is 0 Å². The van der Waals surface area contributed by atoms with Gasteiger partial charge in [-0.15, -0.1) is 0 Å². The molecule has 130 valence electrons. The molecule has 1 fully saturated rings. The quantitative estimate of drug-likeness (QED) is 0.882. The molecule has 1 aliphatic heterocycles. The van der Waals surface area contributed by atoms with Gasteiger partial charge in [-0.2, -0.15) is 0 Å². The van der Waals surface area contributed by atoms with E-state index in [9.17, 15) is 14.4 Å². The number of hydrogen-bond acceptors (Lipinski definition) is 3. The number of likely N-dealkylation sites (tertiary alicyclic amines) is 1. The zero-order valence-electron chi connectivity index (χ0n) is 14.2. The van der Waals surface area contributed by atoms with E-state index >= 15 is 0 Å². The summed E-state index contributed by atoms with van der Waals surface area (Å²) >= 11 is 0. The number of carbonyl (C=O) groups is 3. The first-order valence-corrected chi connectivity index (χ1v) is 8.17. The summed E-state index contributed by atoms with van der Waals surface area (Å²) in [4.78, 5) is 38.6. The fourth-order valence-corrected chi connectivity index (χ4v) is 2.87. The van der Waals surface area contributed by atoms with Crippen molar-refractivity contribution < 1.29 is 19.5 Å². The molecule has 1 aromatic carbocycles. The molecule has 1 N–H and O–H groups in total. The molecule has 0 radical (unpaired) electrons. The Morgan fingerprint density at radius 3 is 2.42 bits per heavy atom. The van der Waals surface area contributed by atoms with Crippen molar-refractivity contribution in [1.82, 2.24) is 9.80 Å². The van der Waals surface area contributed by atoms with E-state index in [1.54, 1.807) is 11.9 Å². The average Bonchev–Trinajstić information content (AvgIpc) is 2.56. The predicted octanol–water partition coefficient (Wildman–Crippen LogP) is 1.32. The highest BCUT2D eigenvalue weighted by Crippen LogP contribution is 2.17. The van der Waals surface area contributed by atoms with Crippen molar-refractivity contribution in [2.45, 2.75) is 26.2 Å². The van der Waals surface area contributed by atoms with Crippen LogP contribution in [0.3, 0.4) is 0 Å². The van der Waals surface area contributed by atoms with Crippen LogP contribution >= 0.6 is 0 Å². The molecule has 2 rings (SSSR count). The molecule has 24 heavy (non-hydrogen) atoms. The fraction of sp³-hybridized carbons (Fsp3) is 0.500. The van der Waals surface area contributed by atoms with Crippen LogP contribution in [-0.2, 0) is 20.8 Å². The highest BCUT2D eigenvalue weighted by atomic mass is 16.4. The minimum Gasteiger partial charge on any atom is -0.481 e. The van der Waals surface area contributed by atoms with Gasteiger partial charge in [0.25, 0.3) is 0 Å². The van der Waals surface area contributed by atoms with Gasteiger partial charge < -0.3 is 14.9 Å². The normalized spacial score (nSPS) is 15.2. The van der Waals surface area contributed by atoms with Crippen molar-refractivity contribution >= 4 is 17.8 Å². The van der Waals surface area contributed by atoms with Crippen molar-refractivity contribution in [3.05, 3.63) is 35.4 Å². The lowest BCUT2D eigenvalue weighted by Crippen LogP contribution is -2.45. The van der Waals surface area contributed by atoms with Crippen molar-refractivity contribution in [2.24, 2.45) is 5.92 Å². The maximum Gasteiger partial charge on any atom is 0.306 e. The molecule has 6 heteroatoms. The van der Waals surface area contributed by atoms with Crippen LogP contribution < -0.4 is 0 Å². The summed E-state index contributed by atoms with van der Waals surface area (Å²) in [5.41, 5.74) is 2.02. The first-order chi connectivity index (χ1) is 11.4. The monoisotopic (exact) mass is 332 g/mol. The van der Waals surface area contributed by atoms with E-state index in [2.05, 4.69) is 0 Å². The molecule has 1 aromatic rings. The Labute approximate surface area is 142 Å². The Morgan fingerprint density at radius 1 is 1.21 bits per heavy atom. The van der Waals surface area contributed by atoms with E-state index in [0.717, 1.165) is 11.1 Å². The first-order valence-electron chi connectivity index (χ1n) is 8.17. The molecule has 6 nitrogen and oxygen atoms in total. The van der Waals surface area contributed by atoms with Crippen molar-refractivity contribution in [2.75, 3.05) is 26.7 Å². The van der Waals surface area contributed by atoms with Gasteiger partial charge in [0.2, 0.25) is 11.8 Å². The number of likely N-dealkylation sites (N-methyl/N-ethyl adjacent to an activating group) is 1. The highest BCUT2D eigenvalue weighted by Gasteiger charge is 2.27. The highest BCUT2D eigenvalue weighted by molar-refractivity contribution is 5.86. The number of aryl methyl sites for hydroxylation is 1. The lowest BCUT2D eigenvalue weighted by molar-refractivity contribution is -0.146. The Bertz CT molecular complexity index is 621. The first kappa shape index (κ1) is 18.0. The predicted molar refractivity (Wildman–Crippen MR) is 89.5 cm³/mol. The zero-order chi connectivity index (χ0) is 17.7. The third-order valence-electron chi connectivity index (χ3n) is 4.60. The van der Waals surface area contributed by atoms with Crippen molar-refractivity contribution in [3.8, 4) is 0 Å². The minimum absolute atomic E-state index is 0.0302. The molecule has 1 saturated heterocycles. The van der Waals surface area contributed by atoms with Crippen LogP contribution in [0.15, 0.2) is 24.3 Å². The average molecular weight is 332 g/mol. The van der Waals surface area contributed by atoms with Crippen LogP contribution in [-0.4, -0.2) is 59.4 Å². The maximum atomic E-state index is 12.3. The Morgan fingerprint density at radius 2 is 1.83 bits per heavy atom. The summed E-state index contributed by atoms with van der Waals surface area (Å²) in [6, 6.07) is 7.70. The van der Waals surface area contributed by atoms with E-state index in [1.165, 1.54) is 4.90 Å². The van der Waals surface area contributed by atoms with Gasteiger partial charge in [0.1, 0.15) is 0 Å². The number of benzene rings is 1. The molecule has 0 atom stereocenters. The topological polar surface area (TPSA) is 77.9 Å².